The smallest absolute Gasteiger partial charge is 0.318 e. The molecule has 1 saturated heterocycles. The zero-order chi connectivity index (χ0) is 35.9. The highest BCUT2D eigenvalue weighted by molar-refractivity contribution is 7.91. The summed E-state index contributed by atoms with van der Waals surface area (Å²) >= 11 is 0. The Hall–Kier alpha value is -4.79. The number of ether oxygens (including phenoxy) is 2. The first-order valence-corrected chi connectivity index (χ1v) is 18.9. The Bertz CT molecular complexity index is 2000. The van der Waals surface area contributed by atoms with Gasteiger partial charge < -0.3 is 25.0 Å². The van der Waals surface area contributed by atoms with E-state index in [1.54, 1.807) is 31.4 Å². The first-order chi connectivity index (χ1) is 24.5. The largest absolute Gasteiger partial charge is 0.496 e. The van der Waals surface area contributed by atoms with Crippen molar-refractivity contribution in [3.63, 3.8) is 0 Å². The number of rotatable bonds is 7. The third-order valence-corrected chi connectivity index (χ3v) is 11.9. The number of fused-ring (bicyclic) bond motifs is 3. The van der Waals surface area contributed by atoms with Crippen molar-refractivity contribution in [3.05, 3.63) is 59.9 Å². The van der Waals surface area contributed by atoms with E-state index < -0.39 is 62.5 Å². The van der Waals surface area contributed by atoms with Crippen LogP contribution < -0.4 is 24.8 Å². The van der Waals surface area contributed by atoms with Crippen molar-refractivity contribution in [3.8, 4) is 23.0 Å². The van der Waals surface area contributed by atoms with E-state index >= 15 is 0 Å². The third-order valence-electron chi connectivity index (χ3n) is 10.1. The van der Waals surface area contributed by atoms with Gasteiger partial charge in [-0.1, -0.05) is 18.6 Å². The first kappa shape index (κ1) is 34.6. The molecular weight excluding hydrogens is 679 g/mol. The van der Waals surface area contributed by atoms with Crippen LogP contribution in [0.4, 0.5) is 9.18 Å². The van der Waals surface area contributed by atoms with Gasteiger partial charge in [0.15, 0.2) is 5.82 Å². The number of hydrogen-bond acceptors (Lipinski definition) is 9. The minimum atomic E-state index is -3.86. The van der Waals surface area contributed by atoms with Gasteiger partial charge in [-0.25, -0.2) is 22.6 Å². The van der Waals surface area contributed by atoms with Crippen molar-refractivity contribution in [1.29, 1.82) is 0 Å². The van der Waals surface area contributed by atoms with Gasteiger partial charge >= 0.3 is 6.03 Å². The van der Waals surface area contributed by atoms with Crippen LogP contribution >= 0.6 is 0 Å². The molecule has 2 aliphatic carbocycles. The molecular formula is C36H41FN6O7S. The molecule has 2 aliphatic heterocycles. The molecule has 13 nitrogen and oxygen atoms in total. The van der Waals surface area contributed by atoms with E-state index in [4.69, 9.17) is 19.4 Å². The normalized spacial score (nSPS) is 26.1. The van der Waals surface area contributed by atoms with Gasteiger partial charge in [-0.05, 0) is 81.8 Å². The molecule has 1 aromatic heterocycles. The minimum absolute atomic E-state index is 0.0367. The minimum Gasteiger partial charge on any atom is -0.496 e. The highest BCUT2D eigenvalue weighted by atomic mass is 32.2. The fourth-order valence-corrected chi connectivity index (χ4v) is 8.29. The maximum absolute atomic E-state index is 14.1. The van der Waals surface area contributed by atoms with Crippen molar-refractivity contribution in [2.75, 3.05) is 20.2 Å². The Morgan fingerprint density at radius 3 is 2.61 bits per heavy atom. The van der Waals surface area contributed by atoms with Gasteiger partial charge in [-0.15, -0.1) is 0 Å². The predicted octanol–water partition coefficient (Wildman–Crippen LogP) is 3.90. The van der Waals surface area contributed by atoms with Crippen LogP contribution in [0.25, 0.3) is 22.3 Å². The van der Waals surface area contributed by atoms with Crippen LogP contribution in [0.5, 0.6) is 11.6 Å². The fourth-order valence-electron chi connectivity index (χ4n) is 6.93. The first-order valence-electron chi connectivity index (χ1n) is 17.4. The molecule has 3 fully saturated rings. The lowest BCUT2D eigenvalue weighted by atomic mass is 10.1. The van der Waals surface area contributed by atoms with Crippen molar-refractivity contribution in [2.24, 2.45) is 5.92 Å². The molecule has 270 valence electrons. The summed E-state index contributed by atoms with van der Waals surface area (Å²) in [5.41, 5.74) is 0.400. The van der Waals surface area contributed by atoms with Gasteiger partial charge in [0.1, 0.15) is 29.3 Å². The molecule has 4 atom stereocenters. The average Bonchev–Trinajstić information content (AvgIpc) is 4.03. The molecule has 15 heteroatoms. The molecule has 0 radical (unpaired) electrons. The van der Waals surface area contributed by atoms with Crippen molar-refractivity contribution in [2.45, 2.75) is 81.2 Å². The second-order valence-electron chi connectivity index (χ2n) is 13.7. The van der Waals surface area contributed by atoms with E-state index in [2.05, 4.69) is 15.4 Å². The summed E-state index contributed by atoms with van der Waals surface area (Å²) in [6, 6.07) is 7.85. The number of aryl methyl sites for hydroxylation is 1. The van der Waals surface area contributed by atoms with E-state index in [9.17, 15) is 27.2 Å². The fraction of sp³-hybridized carbons (Fsp3) is 0.472. The molecule has 0 spiro atoms. The maximum atomic E-state index is 14.1. The number of nitrogens with one attached hydrogen (secondary N) is 3. The van der Waals surface area contributed by atoms with E-state index in [-0.39, 0.29) is 25.3 Å². The van der Waals surface area contributed by atoms with E-state index in [0.29, 0.717) is 47.4 Å². The zero-order valence-corrected chi connectivity index (χ0v) is 29.3. The van der Waals surface area contributed by atoms with Gasteiger partial charge in [0.05, 0.1) is 29.8 Å². The molecule has 0 bridgehead atoms. The van der Waals surface area contributed by atoms with Crippen LogP contribution in [-0.4, -0.2) is 84.3 Å². The number of sulfonamides is 1. The Morgan fingerprint density at radius 2 is 1.86 bits per heavy atom. The van der Waals surface area contributed by atoms with Gasteiger partial charge in [0.2, 0.25) is 21.8 Å². The molecule has 2 saturated carbocycles. The van der Waals surface area contributed by atoms with Crippen molar-refractivity contribution >= 4 is 38.8 Å². The average molecular weight is 721 g/mol. The van der Waals surface area contributed by atoms with Crippen LogP contribution in [-0.2, 0) is 19.6 Å². The maximum Gasteiger partial charge on any atom is 0.318 e. The van der Waals surface area contributed by atoms with Gasteiger partial charge in [-0.2, -0.15) is 4.98 Å². The molecule has 7 rings (SSSR count). The number of methoxy groups -OCH3 is 1. The number of hydrogen-bond donors (Lipinski definition) is 3. The Morgan fingerprint density at radius 1 is 1.08 bits per heavy atom. The SMILES string of the molecule is COc1ccc2c(OC3CC4C(=O)NC5(C(=O)NS(=O)(=O)C6CC6)CC5/C=C\CCCCCNC(=O)N4C3)nc(-c3ccc(F)cc3)nc2c1C. The molecule has 3 N–H and O–H groups in total. The number of amides is 4. The number of carbonyl (C=O) groups excluding carboxylic acids is 3. The van der Waals surface area contributed by atoms with Crippen LogP contribution in [0.1, 0.15) is 56.9 Å². The summed E-state index contributed by atoms with van der Waals surface area (Å²) in [4.78, 5) is 52.1. The Balaban J connectivity index is 1.20. The summed E-state index contributed by atoms with van der Waals surface area (Å²) in [6.07, 6.45) is 7.69. The van der Waals surface area contributed by atoms with Crippen LogP contribution in [0, 0.1) is 18.7 Å². The number of aromatic nitrogens is 2. The topological polar surface area (TPSA) is 169 Å². The lowest BCUT2D eigenvalue weighted by molar-refractivity contribution is -0.131. The van der Waals surface area contributed by atoms with Gasteiger partial charge in [0, 0.05) is 30.0 Å². The summed E-state index contributed by atoms with van der Waals surface area (Å²) in [5.74, 6) is -1.04. The molecule has 4 amide bonds. The van der Waals surface area contributed by atoms with Crippen LogP contribution in [0.2, 0.25) is 0 Å². The molecule has 4 aliphatic rings. The van der Waals surface area contributed by atoms with Gasteiger partial charge in [0.25, 0.3) is 5.91 Å². The van der Waals surface area contributed by atoms with Gasteiger partial charge in [-0.3, -0.25) is 14.3 Å². The number of carbonyl (C=O) groups is 3. The highest BCUT2D eigenvalue weighted by Gasteiger charge is 2.62. The second-order valence-corrected chi connectivity index (χ2v) is 15.7. The lowest BCUT2D eigenvalue weighted by Crippen LogP contribution is -2.57. The number of allylic oxidation sites excluding steroid dienone is 1. The summed E-state index contributed by atoms with van der Waals surface area (Å²) in [7, 11) is -2.30. The van der Waals surface area contributed by atoms with Crippen LogP contribution in [0.3, 0.4) is 0 Å². The lowest BCUT2D eigenvalue weighted by Gasteiger charge is -2.26. The monoisotopic (exact) mass is 720 g/mol. The molecule has 51 heavy (non-hydrogen) atoms. The van der Waals surface area contributed by atoms with E-state index in [1.807, 2.05) is 19.1 Å². The van der Waals surface area contributed by atoms with E-state index in [1.165, 1.54) is 17.0 Å². The van der Waals surface area contributed by atoms with Crippen molar-refractivity contribution in [1.82, 2.24) is 30.2 Å². The number of benzene rings is 2. The highest BCUT2D eigenvalue weighted by Crippen LogP contribution is 2.46. The number of halogens is 1. The zero-order valence-electron chi connectivity index (χ0n) is 28.5. The Kier molecular flexibility index (Phi) is 9.33. The molecule has 4 unspecified atom stereocenters. The quantitative estimate of drug-likeness (QED) is 0.307. The molecule has 3 heterocycles. The van der Waals surface area contributed by atoms with E-state index in [0.717, 1.165) is 31.2 Å². The van der Waals surface area contributed by atoms with Crippen molar-refractivity contribution < 1.29 is 36.7 Å². The predicted molar refractivity (Wildman–Crippen MR) is 186 cm³/mol. The molecule has 2 aromatic carbocycles. The number of nitrogens with zero attached hydrogens (tertiary/aromatic N) is 3. The standard InChI is InChI=1S/C36H41FN6O7S/c1-21-29(49-2)16-15-27-30(21)39-31(22-9-11-24(37)12-10-22)40-33(27)50-25-18-28-32(44)41-36(34(45)42-51(47,48)26-13-14-26)19-23(36)8-6-4-3-5-7-17-38-35(46)43(28)20-25/h6,8-12,15-16,23,25-26,28H,3-5,7,13-14,17-20H2,1-2H3,(H,38,46)(H,41,44)(H,42,45)/b8-6-. The molecule has 3 aromatic rings. The summed E-state index contributed by atoms with van der Waals surface area (Å²) in [5, 5.41) is 5.76. The summed E-state index contributed by atoms with van der Waals surface area (Å²) < 4.78 is 53.5. The second kappa shape index (κ2) is 13.7. The van der Waals surface area contributed by atoms with Crippen LogP contribution in [0.15, 0.2) is 48.6 Å². The Labute approximate surface area is 295 Å². The number of urea groups is 1. The third kappa shape index (κ3) is 7.08. The summed E-state index contributed by atoms with van der Waals surface area (Å²) in [6.45, 7) is 2.32.